The Morgan fingerprint density at radius 1 is 0.806 bits per heavy atom. The molecule has 31 heavy (non-hydrogen) atoms. The quantitative estimate of drug-likeness (QED) is 0.370. The molecule has 3 heteroatoms. The van der Waals surface area contributed by atoms with E-state index in [4.69, 9.17) is 4.52 Å². The summed E-state index contributed by atoms with van der Waals surface area (Å²) < 4.78 is 5.67. The minimum absolute atomic E-state index is 0.509. The van der Waals surface area contributed by atoms with Crippen LogP contribution >= 0.6 is 0 Å². The lowest BCUT2D eigenvalue weighted by Gasteiger charge is -2.27. The van der Waals surface area contributed by atoms with Gasteiger partial charge in [0.2, 0.25) is 0 Å². The molecule has 4 rings (SSSR count). The third kappa shape index (κ3) is 4.52. The van der Waals surface area contributed by atoms with Gasteiger partial charge in [0.15, 0.2) is 5.76 Å². The third-order valence-electron chi connectivity index (χ3n) is 5.65. The van der Waals surface area contributed by atoms with Gasteiger partial charge in [-0.3, -0.25) is 0 Å². The van der Waals surface area contributed by atoms with Crippen LogP contribution in [0.1, 0.15) is 36.8 Å². The van der Waals surface area contributed by atoms with Crippen molar-refractivity contribution in [2.75, 3.05) is 0 Å². The minimum atomic E-state index is -0.762. The highest BCUT2D eigenvalue weighted by atomic mass is 16.5. The molecule has 0 bridgehead atoms. The Balaban J connectivity index is 1.63. The molecule has 1 atom stereocenters. The average Bonchev–Trinajstić information content (AvgIpc) is 3.19. The van der Waals surface area contributed by atoms with Gasteiger partial charge in [0, 0.05) is 11.0 Å². The lowest BCUT2D eigenvalue weighted by molar-refractivity contribution is 0.0820. The maximum atomic E-state index is 11.3. The predicted octanol–water partition coefficient (Wildman–Crippen LogP) is 7.09. The molecule has 0 aliphatic heterocycles. The van der Waals surface area contributed by atoms with Gasteiger partial charge >= 0.3 is 0 Å². The second-order valence-corrected chi connectivity index (χ2v) is 8.42. The van der Waals surface area contributed by atoms with Gasteiger partial charge in [-0.1, -0.05) is 116 Å². The monoisotopic (exact) mass is 409 g/mol. The summed E-state index contributed by atoms with van der Waals surface area (Å²) >= 11 is 0. The molecule has 1 aromatic heterocycles. The number of benzene rings is 3. The predicted molar refractivity (Wildman–Crippen MR) is 126 cm³/mol. The minimum Gasteiger partial charge on any atom is -0.387 e. The average molecular weight is 410 g/mol. The first-order valence-corrected chi connectivity index (χ1v) is 10.5. The first kappa shape index (κ1) is 20.8. The number of aliphatic hydroxyl groups excluding tert-OH is 1. The number of nitrogens with zero attached hydrogens (tertiary/aromatic N) is 1. The molecule has 0 radical (unpaired) electrons. The van der Waals surface area contributed by atoms with Crippen LogP contribution in [-0.2, 0) is 0 Å². The van der Waals surface area contributed by atoms with E-state index in [1.54, 1.807) is 0 Å². The summed E-state index contributed by atoms with van der Waals surface area (Å²) in [7, 11) is 0. The van der Waals surface area contributed by atoms with E-state index in [2.05, 4.69) is 29.4 Å². The van der Waals surface area contributed by atoms with Gasteiger partial charge in [0.1, 0.15) is 0 Å². The Bertz CT molecular complexity index is 1160. The van der Waals surface area contributed by atoms with Crippen molar-refractivity contribution in [2.45, 2.75) is 26.9 Å². The van der Waals surface area contributed by atoms with Crippen LogP contribution in [0.2, 0.25) is 0 Å². The highest BCUT2D eigenvalue weighted by Gasteiger charge is 2.32. The molecule has 0 amide bonds. The maximum Gasteiger partial charge on any atom is 0.172 e. The van der Waals surface area contributed by atoms with E-state index < -0.39 is 11.5 Å². The molecule has 3 aromatic carbocycles. The number of rotatable bonds is 6. The fourth-order valence-electron chi connectivity index (χ4n) is 3.69. The first-order chi connectivity index (χ1) is 15.0. The third-order valence-corrected chi connectivity index (χ3v) is 5.65. The van der Waals surface area contributed by atoms with Gasteiger partial charge in [-0.05, 0) is 23.6 Å². The summed E-state index contributed by atoms with van der Waals surface area (Å²) in [6.07, 6.45) is 3.32. The molecule has 0 spiro atoms. The van der Waals surface area contributed by atoms with Gasteiger partial charge in [0.05, 0.1) is 17.4 Å². The molecule has 156 valence electrons. The summed E-state index contributed by atoms with van der Waals surface area (Å²) in [4.78, 5) is 0. The summed E-state index contributed by atoms with van der Waals surface area (Å²) in [5.41, 5.74) is 5.22. The first-order valence-electron chi connectivity index (χ1n) is 10.5. The number of aliphatic hydroxyl groups is 1. The lowest BCUT2D eigenvalue weighted by Crippen LogP contribution is -2.20. The van der Waals surface area contributed by atoms with E-state index in [0.717, 1.165) is 27.8 Å². The Kier molecular flexibility index (Phi) is 5.88. The Morgan fingerprint density at radius 2 is 1.35 bits per heavy atom. The molecule has 0 saturated carbocycles. The van der Waals surface area contributed by atoms with Crippen LogP contribution < -0.4 is 0 Å². The molecule has 0 saturated heterocycles. The van der Waals surface area contributed by atoms with E-state index >= 15 is 0 Å². The molecule has 4 aromatic rings. The molecule has 0 fully saturated rings. The smallest absolute Gasteiger partial charge is 0.172 e. The van der Waals surface area contributed by atoms with E-state index in [1.165, 1.54) is 0 Å². The highest BCUT2D eigenvalue weighted by molar-refractivity contribution is 5.70. The van der Waals surface area contributed by atoms with Crippen LogP contribution in [0.5, 0.6) is 0 Å². The molecule has 0 aliphatic rings. The zero-order chi connectivity index (χ0) is 21.8. The fraction of sp³-hybridized carbons (Fsp3) is 0.179. The molecule has 1 N–H and O–H groups in total. The van der Waals surface area contributed by atoms with Crippen molar-refractivity contribution in [3.63, 3.8) is 0 Å². The molecular weight excluding hydrogens is 382 g/mol. The molecule has 1 heterocycles. The van der Waals surface area contributed by atoms with Crippen LogP contribution in [0, 0.1) is 12.3 Å². The van der Waals surface area contributed by atoms with Crippen LogP contribution in [0.3, 0.4) is 0 Å². The van der Waals surface area contributed by atoms with E-state index in [9.17, 15) is 5.11 Å². The number of aryl methyl sites for hydroxylation is 1. The number of hydrogen-bond acceptors (Lipinski definition) is 3. The van der Waals surface area contributed by atoms with Crippen molar-refractivity contribution in [3.8, 4) is 22.5 Å². The van der Waals surface area contributed by atoms with Crippen molar-refractivity contribution in [2.24, 2.45) is 5.41 Å². The second-order valence-electron chi connectivity index (χ2n) is 8.42. The second kappa shape index (κ2) is 8.75. The van der Waals surface area contributed by atoms with Crippen molar-refractivity contribution in [1.82, 2.24) is 5.16 Å². The summed E-state index contributed by atoms with van der Waals surface area (Å²) in [6.45, 7) is 5.92. The van der Waals surface area contributed by atoms with Crippen molar-refractivity contribution in [3.05, 3.63) is 108 Å². The van der Waals surface area contributed by atoms with Crippen LogP contribution in [0.25, 0.3) is 28.5 Å². The standard InChI is InChI=1S/C28H27NO2/c1-20-25(27(30)28(2,3)19-18-21-10-6-4-7-11-21)26(31-29-20)24-16-14-23(15-17-24)22-12-8-5-9-13-22/h4-19,27,30H,1-3H3/b19-18+. The van der Waals surface area contributed by atoms with Crippen LogP contribution in [0.15, 0.2) is 95.5 Å². The topological polar surface area (TPSA) is 46.3 Å². The van der Waals surface area contributed by atoms with Gasteiger partial charge in [-0.25, -0.2) is 0 Å². The Labute approximate surface area is 183 Å². The molecular formula is C28H27NO2. The van der Waals surface area contributed by atoms with Crippen molar-refractivity contribution < 1.29 is 9.63 Å². The SMILES string of the molecule is Cc1noc(-c2ccc(-c3ccccc3)cc2)c1C(O)C(C)(C)/C=C/c1ccccc1. The number of aromatic nitrogens is 1. The highest BCUT2D eigenvalue weighted by Crippen LogP contribution is 2.41. The van der Waals surface area contributed by atoms with E-state index in [0.29, 0.717) is 11.5 Å². The zero-order valence-electron chi connectivity index (χ0n) is 18.1. The van der Waals surface area contributed by atoms with Gasteiger partial charge in [0.25, 0.3) is 0 Å². The normalized spacial score (nSPS) is 12.9. The molecule has 1 unspecified atom stereocenters. The summed E-state index contributed by atoms with van der Waals surface area (Å²) in [6, 6.07) is 28.5. The molecule has 3 nitrogen and oxygen atoms in total. The van der Waals surface area contributed by atoms with Crippen LogP contribution in [0.4, 0.5) is 0 Å². The van der Waals surface area contributed by atoms with Crippen molar-refractivity contribution in [1.29, 1.82) is 0 Å². The van der Waals surface area contributed by atoms with Gasteiger partial charge in [-0.2, -0.15) is 0 Å². The Morgan fingerprint density at radius 3 is 2.00 bits per heavy atom. The largest absolute Gasteiger partial charge is 0.387 e. The lowest BCUT2D eigenvalue weighted by atomic mass is 9.80. The number of hydrogen-bond donors (Lipinski definition) is 1. The van der Waals surface area contributed by atoms with E-state index in [-0.39, 0.29) is 0 Å². The summed E-state index contributed by atoms with van der Waals surface area (Å²) in [5, 5.41) is 15.5. The van der Waals surface area contributed by atoms with E-state index in [1.807, 2.05) is 93.6 Å². The van der Waals surface area contributed by atoms with Crippen molar-refractivity contribution >= 4 is 6.08 Å². The van der Waals surface area contributed by atoms with Gasteiger partial charge < -0.3 is 9.63 Å². The summed E-state index contributed by atoms with van der Waals surface area (Å²) in [5.74, 6) is 0.616. The Hall–Kier alpha value is -3.43. The maximum absolute atomic E-state index is 11.3. The van der Waals surface area contributed by atoms with Crippen LogP contribution in [-0.4, -0.2) is 10.3 Å². The van der Waals surface area contributed by atoms with Gasteiger partial charge in [-0.15, -0.1) is 0 Å². The zero-order valence-corrected chi connectivity index (χ0v) is 18.1. The fourth-order valence-corrected chi connectivity index (χ4v) is 3.69. The molecule has 0 aliphatic carbocycles.